The number of hydrogen-bond donors (Lipinski definition) is 2. The molecule has 1 aliphatic heterocycles. The van der Waals surface area contributed by atoms with Crippen LogP contribution >= 0.6 is 0 Å². The molecular formula is C25H36N2O5. The summed E-state index contributed by atoms with van der Waals surface area (Å²) in [7, 11) is 0. The fraction of sp³-hybridized carbons (Fsp3) is 0.680. The highest BCUT2D eigenvalue weighted by Gasteiger charge is 2.68. The lowest BCUT2D eigenvalue weighted by Gasteiger charge is -2.53. The Morgan fingerprint density at radius 3 is 2.69 bits per heavy atom. The number of hydrogen-bond acceptors (Lipinski definition) is 5. The van der Waals surface area contributed by atoms with Crippen LogP contribution in [0.1, 0.15) is 65.0 Å². The molecule has 1 spiro atoms. The molecule has 4 rings (SSSR count). The zero-order chi connectivity index (χ0) is 23.1. The molecule has 0 aromatic heterocycles. The van der Waals surface area contributed by atoms with Gasteiger partial charge in [0, 0.05) is 19.1 Å². The van der Waals surface area contributed by atoms with Crippen molar-refractivity contribution < 1.29 is 23.8 Å². The van der Waals surface area contributed by atoms with E-state index in [2.05, 4.69) is 19.2 Å². The fourth-order valence-corrected chi connectivity index (χ4v) is 6.62. The summed E-state index contributed by atoms with van der Waals surface area (Å²) < 4.78 is 17.7. The van der Waals surface area contributed by atoms with Crippen LogP contribution in [0, 0.1) is 22.7 Å². The van der Waals surface area contributed by atoms with Crippen molar-refractivity contribution in [3.05, 3.63) is 23.8 Å². The topological polar surface area (TPSA) is 99.9 Å². The van der Waals surface area contributed by atoms with Crippen LogP contribution < -0.4 is 20.5 Å². The Bertz CT molecular complexity index is 885. The second-order valence-corrected chi connectivity index (χ2v) is 10.1. The van der Waals surface area contributed by atoms with Crippen LogP contribution in [0.4, 0.5) is 0 Å². The van der Waals surface area contributed by atoms with E-state index >= 15 is 0 Å². The van der Waals surface area contributed by atoms with Gasteiger partial charge in [0.2, 0.25) is 5.91 Å². The van der Waals surface area contributed by atoms with Crippen molar-refractivity contribution in [3.8, 4) is 11.5 Å². The molecule has 2 aliphatic carbocycles. The summed E-state index contributed by atoms with van der Waals surface area (Å²) in [4.78, 5) is 23.6. The fourth-order valence-electron chi connectivity index (χ4n) is 6.62. The number of carbonyl (C=O) groups excluding carboxylic acids is 2. The monoisotopic (exact) mass is 444 g/mol. The highest BCUT2D eigenvalue weighted by molar-refractivity contribution is 5.76. The van der Waals surface area contributed by atoms with E-state index in [4.69, 9.17) is 19.9 Å². The van der Waals surface area contributed by atoms with Gasteiger partial charge in [0.25, 0.3) is 5.91 Å². The molecule has 0 radical (unpaired) electrons. The SMILES string of the molecule is CCOc1cc([C@H]2OCC[C@@]34C[C@@H](C[C@H]23)C(C)(C)[C@@H]4NC(=O)CC)ccc1OCC(N)=O. The van der Waals surface area contributed by atoms with Crippen molar-refractivity contribution in [2.45, 2.75) is 65.5 Å². The maximum atomic E-state index is 12.4. The molecule has 1 heterocycles. The maximum absolute atomic E-state index is 12.4. The molecule has 2 bridgehead atoms. The van der Waals surface area contributed by atoms with E-state index in [-0.39, 0.29) is 35.5 Å². The minimum Gasteiger partial charge on any atom is -0.490 e. The second kappa shape index (κ2) is 8.58. The highest BCUT2D eigenvalue weighted by atomic mass is 16.5. The molecule has 7 heteroatoms. The summed E-state index contributed by atoms with van der Waals surface area (Å²) >= 11 is 0. The lowest BCUT2D eigenvalue weighted by atomic mass is 9.59. The zero-order valence-corrected chi connectivity index (χ0v) is 19.6. The standard InChI is InChI=1S/C25H36N2O5/c1-5-21(29)27-23-24(3,4)16-12-17-22(31-10-9-25(17,23)13-16)15-7-8-18(32-14-20(26)28)19(11-15)30-6-2/h7-8,11,16-17,22-23H,5-6,9-10,12-14H2,1-4H3,(H2,26,28)(H,27,29)/t16-,17-,22-,23+,25-/m1/s1. The van der Waals surface area contributed by atoms with Gasteiger partial charge in [-0.3, -0.25) is 9.59 Å². The molecule has 1 aromatic carbocycles. The first-order valence-electron chi connectivity index (χ1n) is 11.8. The van der Waals surface area contributed by atoms with E-state index in [1.165, 1.54) is 0 Å². The first kappa shape index (κ1) is 22.9. The lowest BCUT2D eigenvalue weighted by Crippen LogP contribution is -2.58. The van der Waals surface area contributed by atoms with Crippen molar-refractivity contribution in [1.82, 2.24) is 5.32 Å². The van der Waals surface area contributed by atoms with Crippen molar-refractivity contribution in [2.75, 3.05) is 19.8 Å². The Morgan fingerprint density at radius 2 is 2.00 bits per heavy atom. The van der Waals surface area contributed by atoms with Gasteiger partial charge in [-0.2, -0.15) is 0 Å². The van der Waals surface area contributed by atoms with Gasteiger partial charge in [0.1, 0.15) is 0 Å². The summed E-state index contributed by atoms with van der Waals surface area (Å²) in [5, 5.41) is 3.40. The third-order valence-corrected chi connectivity index (χ3v) is 8.10. The van der Waals surface area contributed by atoms with Crippen LogP contribution in [0.25, 0.3) is 0 Å². The first-order chi connectivity index (χ1) is 15.2. The number of fused-ring (bicyclic) bond motifs is 1. The molecule has 176 valence electrons. The van der Waals surface area contributed by atoms with Gasteiger partial charge in [-0.05, 0) is 66.5 Å². The van der Waals surface area contributed by atoms with Crippen molar-refractivity contribution in [3.63, 3.8) is 0 Å². The quantitative estimate of drug-likeness (QED) is 0.640. The summed E-state index contributed by atoms with van der Waals surface area (Å²) in [6.45, 7) is 9.41. The second-order valence-electron chi connectivity index (χ2n) is 10.1. The van der Waals surface area contributed by atoms with Crippen LogP contribution in [0.15, 0.2) is 18.2 Å². The average Bonchev–Trinajstić information content (AvgIpc) is 3.25. The third-order valence-electron chi connectivity index (χ3n) is 8.10. The number of carbonyl (C=O) groups is 2. The molecule has 0 unspecified atom stereocenters. The number of benzene rings is 1. The summed E-state index contributed by atoms with van der Waals surface area (Å²) in [6, 6.07) is 5.96. The van der Waals surface area contributed by atoms with Crippen molar-refractivity contribution >= 4 is 11.8 Å². The average molecular weight is 445 g/mol. The Hall–Kier alpha value is -2.28. The largest absolute Gasteiger partial charge is 0.490 e. The summed E-state index contributed by atoms with van der Waals surface area (Å²) in [6.07, 6.45) is 3.65. The van der Waals surface area contributed by atoms with Crippen molar-refractivity contribution in [2.24, 2.45) is 28.4 Å². The van der Waals surface area contributed by atoms with Crippen LogP contribution in [0.3, 0.4) is 0 Å². The van der Waals surface area contributed by atoms with Crippen LogP contribution in [-0.2, 0) is 14.3 Å². The van der Waals surface area contributed by atoms with Crippen molar-refractivity contribution in [1.29, 1.82) is 0 Å². The molecule has 1 aromatic rings. The van der Waals surface area contributed by atoms with Gasteiger partial charge in [-0.25, -0.2) is 0 Å². The molecule has 1 saturated heterocycles. The Labute approximate surface area is 190 Å². The van der Waals surface area contributed by atoms with E-state index in [0.29, 0.717) is 43.0 Å². The molecule has 3 fully saturated rings. The smallest absolute Gasteiger partial charge is 0.255 e. The number of rotatable bonds is 8. The minimum absolute atomic E-state index is 0.0504. The van der Waals surface area contributed by atoms with Crippen LogP contribution in [0.2, 0.25) is 0 Å². The van der Waals surface area contributed by atoms with Crippen LogP contribution in [-0.4, -0.2) is 37.7 Å². The normalized spacial score (nSPS) is 32.2. The van der Waals surface area contributed by atoms with E-state index in [1.54, 1.807) is 0 Å². The molecule has 5 atom stereocenters. The molecule has 2 amide bonds. The molecule has 3 N–H and O–H groups in total. The third kappa shape index (κ3) is 3.74. The van der Waals surface area contributed by atoms with E-state index in [1.807, 2.05) is 32.0 Å². The van der Waals surface area contributed by atoms with Gasteiger partial charge in [-0.1, -0.05) is 26.8 Å². The van der Waals surface area contributed by atoms with E-state index in [9.17, 15) is 9.59 Å². The zero-order valence-electron chi connectivity index (χ0n) is 19.6. The predicted molar refractivity (Wildman–Crippen MR) is 120 cm³/mol. The van der Waals surface area contributed by atoms with Crippen LogP contribution in [0.5, 0.6) is 11.5 Å². The molecule has 2 saturated carbocycles. The number of amides is 2. The highest BCUT2D eigenvalue weighted by Crippen LogP contribution is 2.70. The number of nitrogens with two attached hydrogens (primary N) is 1. The molecule has 32 heavy (non-hydrogen) atoms. The van der Waals surface area contributed by atoms with Gasteiger partial charge in [0.05, 0.1) is 12.7 Å². The summed E-state index contributed by atoms with van der Waals surface area (Å²) in [5.41, 5.74) is 6.41. The predicted octanol–water partition coefficient (Wildman–Crippen LogP) is 3.36. The minimum atomic E-state index is -0.529. The Kier molecular flexibility index (Phi) is 6.14. The maximum Gasteiger partial charge on any atom is 0.255 e. The number of primary amides is 1. The number of ether oxygens (including phenoxy) is 3. The lowest BCUT2D eigenvalue weighted by molar-refractivity contribution is -0.137. The number of nitrogens with one attached hydrogen (secondary N) is 1. The van der Waals surface area contributed by atoms with Gasteiger partial charge in [0.15, 0.2) is 18.1 Å². The van der Waals surface area contributed by atoms with Gasteiger partial charge >= 0.3 is 0 Å². The first-order valence-corrected chi connectivity index (χ1v) is 11.8. The Balaban J connectivity index is 1.64. The van der Waals surface area contributed by atoms with Gasteiger partial charge < -0.3 is 25.3 Å². The molecule has 7 nitrogen and oxygen atoms in total. The summed E-state index contributed by atoms with van der Waals surface area (Å²) in [5.74, 6) is 1.59. The molecular weight excluding hydrogens is 408 g/mol. The van der Waals surface area contributed by atoms with E-state index in [0.717, 1.165) is 24.8 Å². The Morgan fingerprint density at radius 1 is 1.22 bits per heavy atom. The molecule has 3 aliphatic rings. The van der Waals surface area contributed by atoms with Gasteiger partial charge in [-0.15, -0.1) is 0 Å². The van der Waals surface area contributed by atoms with E-state index < -0.39 is 5.91 Å².